The van der Waals surface area contributed by atoms with Crippen molar-refractivity contribution >= 4 is 17.9 Å². The lowest BCUT2D eigenvalue weighted by atomic mass is 10.0. The average Bonchev–Trinajstić information content (AvgIpc) is 3.15. The molecule has 106 valence electrons. The molecule has 0 aliphatic heterocycles. The molecule has 6 nitrogen and oxygen atoms in total. The van der Waals surface area contributed by atoms with Gasteiger partial charge in [-0.25, -0.2) is 9.59 Å². The number of carbonyl (C=O) groups excluding carboxylic acids is 2. The molecule has 3 N–H and O–H groups in total. The fourth-order valence-corrected chi connectivity index (χ4v) is 1.67. The van der Waals surface area contributed by atoms with Gasteiger partial charge in [-0.1, -0.05) is 6.92 Å². The number of carbonyl (C=O) groups is 3. The van der Waals surface area contributed by atoms with Crippen molar-refractivity contribution in [3.05, 3.63) is 11.1 Å². The van der Waals surface area contributed by atoms with Gasteiger partial charge in [-0.3, -0.25) is 10.1 Å². The zero-order valence-electron chi connectivity index (χ0n) is 11.5. The Balaban J connectivity index is 2.46. The number of carboxylic acid groups (broad SMARTS) is 1. The first kappa shape index (κ1) is 15.2. The zero-order valence-corrected chi connectivity index (χ0v) is 11.5. The number of aliphatic carboxylic acids is 1. The van der Waals surface area contributed by atoms with E-state index in [9.17, 15) is 14.4 Å². The SMILES string of the molecule is CCC1(CNC(=O)NC(=O)C(C)=C(C)C(=O)O)CC1. The molecule has 0 aromatic rings. The number of nitrogens with one attached hydrogen (secondary N) is 2. The smallest absolute Gasteiger partial charge is 0.331 e. The summed E-state index contributed by atoms with van der Waals surface area (Å²) in [6, 6.07) is -0.581. The Labute approximate surface area is 112 Å². The fourth-order valence-electron chi connectivity index (χ4n) is 1.67. The second-order valence-corrected chi connectivity index (χ2v) is 5.05. The van der Waals surface area contributed by atoms with Crippen molar-refractivity contribution in [2.75, 3.05) is 6.54 Å². The molecule has 0 spiro atoms. The molecule has 6 heteroatoms. The maximum Gasteiger partial charge on any atom is 0.331 e. The van der Waals surface area contributed by atoms with Gasteiger partial charge in [-0.05, 0) is 38.5 Å². The normalized spacial score (nSPS) is 17.2. The van der Waals surface area contributed by atoms with Crippen LogP contribution in [-0.2, 0) is 9.59 Å². The summed E-state index contributed by atoms with van der Waals surface area (Å²) in [7, 11) is 0. The van der Waals surface area contributed by atoms with Crippen LogP contribution in [0.1, 0.15) is 40.0 Å². The van der Waals surface area contributed by atoms with E-state index < -0.39 is 17.9 Å². The first-order valence-electron chi connectivity index (χ1n) is 6.31. The maximum atomic E-state index is 11.6. The molecule has 1 aliphatic rings. The van der Waals surface area contributed by atoms with Gasteiger partial charge in [0.05, 0.1) is 0 Å². The van der Waals surface area contributed by atoms with Crippen molar-refractivity contribution in [3.63, 3.8) is 0 Å². The molecule has 0 unspecified atom stereocenters. The van der Waals surface area contributed by atoms with Gasteiger partial charge < -0.3 is 10.4 Å². The monoisotopic (exact) mass is 268 g/mol. The van der Waals surface area contributed by atoms with Crippen LogP contribution >= 0.6 is 0 Å². The highest BCUT2D eigenvalue weighted by Gasteiger charge is 2.40. The fraction of sp³-hybridized carbons (Fsp3) is 0.615. The molecule has 1 fully saturated rings. The number of imide groups is 1. The summed E-state index contributed by atoms with van der Waals surface area (Å²) in [6.45, 7) is 5.32. The van der Waals surface area contributed by atoms with Crippen LogP contribution in [0.25, 0.3) is 0 Å². The Hall–Kier alpha value is -1.85. The van der Waals surface area contributed by atoms with Crippen LogP contribution in [0.3, 0.4) is 0 Å². The van der Waals surface area contributed by atoms with Gasteiger partial charge in [0.2, 0.25) is 0 Å². The van der Waals surface area contributed by atoms with E-state index in [2.05, 4.69) is 17.6 Å². The largest absolute Gasteiger partial charge is 0.478 e. The third-order valence-electron chi connectivity index (χ3n) is 3.78. The summed E-state index contributed by atoms with van der Waals surface area (Å²) in [5.74, 6) is -1.85. The third-order valence-corrected chi connectivity index (χ3v) is 3.78. The lowest BCUT2D eigenvalue weighted by Gasteiger charge is -2.13. The predicted octanol–water partition coefficient (Wildman–Crippen LogP) is 1.42. The summed E-state index contributed by atoms with van der Waals surface area (Å²) in [6.07, 6.45) is 3.18. The minimum absolute atomic E-state index is 0.0271. The molecule has 0 heterocycles. The van der Waals surface area contributed by atoms with Crippen molar-refractivity contribution in [1.29, 1.82) is 0 Å². The highest BCUT2D eigenvalue weighted by Crippen LogP contribution is 2.47. The molecule has 19 heavy (non-hydrogen) atoms. The van der Waals surface area contributed by atoms with Crippen LogP contribution < -0.4 is 10.6 Å². The minimum atomic E-state index is -1.17. The predicted molar refractivity (Wildman–Crippen MR) is 69.5 cm³/mol. The summed E-state index contributed by atoms with van der Waals surface area (Å²) < 4.78 is 0. The standard InChI is InChI=1S/C13H20N2O4/c1-4-13(5-6-13)7-14-12(19)15-10(16)8(2)9(3)11(17)18/h4-7H2,1-3H3,(H,17,18)(H2,14,15,16,19). The van der Waals surface area contributed by atoms with Crippen LogP contribution in [0.15, 0.2) is 11.1 Å². The van der Waals surface area contributed by atoms with Gasteiger partial charge >= 0.3 is 12.0 Å². The van der Waals surface area contributed by atoms with Gasteiger partial charge in [-0.2, -0.15) is 0 Å². The number of urea groups is 1. The van der Waals surface area contributed by atoms with Crippen molar-refractivity contribution in [3.8, 4) is 0 Å². The molecule has 1 rings (SSSR count). The molecular weight excluding hydrogens is 248 g/mol. The van der Waals surface area contributed by atoms with Gasteiger partial charge in [0, 0.05) is 17.7 Å². The summed E-state index contributed by atoms with van der Waals surface area (Å²) in [4.78, 5) is 33.8. The van der Waals surface area contributed by atoms with E-state index in [4.69, 9.17) is 5.11 Å². The van der Waals surface area contributed by atoms with E-state index in [1.165, 1.54) is 13.8 Å². The summed E-state index contributed by atoms with van der Waals surface area (Å²) in [5.41, 5.74) is 0.152. The van der Waals surface area contributed by atoms with E-state index in [-0.39, 0.29) is 16.6 Å². The van der Waals surface area contributed by atoms with Crippen molar-refractivity contribution in [1.82, 2.24) is 10.6 Å². The van der Waals surface area contributed by atoms with Crippen molar-refractivity contribution in [2.24, 2.45) is 5.41 Å². The Morgan fingerprint density at radius 2 is 1.74 bits per heavy atom. The number of rotatable bonds is 5. The van der Waals surface area contributed by atoms with E-state index in [0.29, 0.717) is 6.54 Å². The summed E-state index contributed by atoms with van der Waals surface area (Å²) in [5, 5.41) is 13.5. The molecule has 0 aromatic heterocycles. The molecule has 0 bridgehead atoms. The minimum Gasteiger partial charge on any atom is -0.478 e. The number of hydrogen-bond donors (Lipinski definition) is 3. The molecule has 0 radical (unpaired) electrons. The molecule has 0 atom stereocenters. The van der Waals surface area contributed by atoms with Crippen LogP contribution in [0, 0.1) is 5.41 Å². The van der Waals surface area contributed by atoms with Gasteiger partial charge in [-0.15, -0.1) is 0 Å². The highest BCUT2D eigenvalue weighted by atomic mass is 16.4. The van der Waals surface area contributed by atoms with Gasteiger partial charge in [0.25, 0.3) is 5.91 Å². The number of hydrogen-bond acceptors (Lipinski definition) is 3. The number of carboxylic acids is 1. The molecule has 0 saturated heterocycles. The van der Waals surface area contributed by atoms with Crippen LogP contribution in [0.5, 0.6) is 0 Å². The molecule has 1 aliphatic carbocycles. The van der Waals surface area contributed by atoms with Crippen LogP contribution in [0.4, 0.5) is 4.79 Å². The molecule has 1 saturated carbocycles. The van der Waals surface area contributed by atoms with Crippen LogP contribution in [0.2, 0.25) is 0 Å². The first-order valence-corrected chi connectivity index (χ1v) is 6.31. The highest BCUT2D eigenvalue weighted by molar-refractivity contribution is 6.07. The topological polar surface area (TPSA) is 95.5 Å². The Bertz CT molecular complexity index is 436. The van der Waals surface area contributed by atoms with E-state index in [1.54, 1.807) is 0 Å². The maximum absolute atomic E-state index is 11.6. The van der Waals surface area contributed by atoms with E-state index in [0.717, 1.165) is 19.3 Å². The Morgan fingerprint density at radius 3 is 2.16 bits per heavy atom. The van der Waals surface area contributed by atoms with E-state index >= 15 is 0 Å². The van der Waals surface area contributed by atoms with Gasteiger partial charge in [0.1, 0.15) is 0 Å². The van der Waals surface area contributed by atoms with Crippen molar-refractivity contribution < 1.29 is 19.5 Å². The molecule has 3 amide bonds. The Kier molecular flexibility index (Phi) is 4.69. The molecular formula is C13H20N2O4. The zero-order chi connectivity index (χ0) is 14.6. The first-order chi connectivity index (χ1) is 8.81. The van der Waals surface area contributed by atoms with Gasteiger partial charge in [0.15, 0.2) is 0 Å². The summed E-state index contributed by atoms with van der Waals surface area (Å²) >= 11 is 0. The van der Waals surface area contributed by atoms with E-state index in [1.807, 2.05) is 0 Å². The lowest BCUT2D eigenvalue weighted by Crippen LogP contribution is -2.42. The van der Waals surface area contributed by atoms with Crippen molar-refractivity contribution in [2.45, 2.75) is 40.0 Å². The second kappa shape index (κ2) is 5.86. The Morgan fingerprint density at radius 1 is 1.16 bits per heavy atom. The third kappa shape index (κ3) is 4.08. The average molecular weight is 268 g/mol. The second-order valence-electron chi connectivity index (χ2n) is 5.05. The lowest BCUT2D eigenvalue weighted by molar-refractivity contribution is -0.133. The molecule has 0 aromatic carbocycles. The van der Waals surface area contributed by atoms with Crippen LogP contribution in [-0.4, -0.2) is 29.6 Å². The quantitative estimate of drug-likeness (QED) is 0.657. The number of amides is 3.